The predicted molar refractivity (Wildman–Crippen MR) is 60.2 cm³/mol. The molecule has 1 atom stereocenters. The van der Waals surface area contributed by atoms with E-state index in [9.17, 15) is 9.90 Å². The molecule has 92 valence electrons. The van der Waals surface area contributed by atoms with Crippen LogP contribution in [0.2, 0.25) is 0 Å². The number of aliphatic hydroxyl groups excluding tert-OH is 1. The Balaban J connectivity index is 1.66. The third kappa shape index (κ3) is 3.03. The van der Waals surface area contributed by atoms with Crippen molar-refractivity contribution in [2.45, 2.75) is 25.4 Å². The van der Waals surface area contributed by atoms with Crippen LogP contribution in [-0.4, -0.2) is 55.2 Å². The molecule has 1 saturated carbocycles. The van der Waals surface area contributed by atoms with Gasteiger partial charge in [-0.3, -0.25) is 9.69 Å². The number of Topliss-reactive ketones (excluding diaryl/α,β-unsaturated/α-hetero) is 1. The van der Waals surface area contributed by atoms with Crippen molar-refractivity contribution >= 4 is 5.78 Å². The zero-order valence-corrected chi connectivity index (χ0v) is 9.89. The standard InChI is InChI=1S/C12H21NO3/c1-13(6-9-4-11(14)5-9)7-12(15)10-2-3-16-8-10/h9-11,14H,2-8H2,1H3. The van der Waals surface area contributed by atoms with Crippen molar-refractivity contribution in [2.24, 2.45) is 11.8 Å². The Morgan fingerprint density at radius 1 is 1.50 bits per heavy atom. The SMILES string of the molecule is CN(CC(=O)C1CCOC1)CC1CC(O)C1. The van der Waals surface area contributed by atoms with Gasteiger partial charge in [-0.1, -0.05) is 0 Å². The highest BCUT2D eigenvalue weighted by atomic mass is 16.5. The fraction of sp³-hybridized carbons (Fsp3) is 0.917. The average molecular weight is 227 g/mol. The van der Waals surface area contributed by atoms with Gasteiger partial charge in [-0.05, 0) is 32.2 Å². The molecule has 4 nitrogen and oxygen atoms in total. The predicted octanol–water partition coefficient (Wildman–Crippen LogP) is 0.295. The second kappa shape index (κ2) is 5.25. The minimum Gasteiger partial charge on any atom is -0.393 e. The quantitative estimate of drug-likeness (QED) is 0.733. The topological polar surface area (TPSA) is 49.8 Å². The number of carbonyl (C=O) groups is 1. The lowest BCUT2D eigenvalue weighted by Crippen LogP contribution is -2.40. The number of hydrogen-bond acceptors (Lipinski definition) is 4. The van der Waals surface area contributed by atoms with Gasteiger partial charge in [-0.25, -0.2) is 0 Å². The molecule has 1 N–H and O–H groups in total. The molecule has 2 aliphatic rings. The Bertz CT molecular complexity index is 245. The molecule has 4 heteroatoms. The van der Waals surface area contributed by atoms with Crippen molar-refractivity contribution in [1.82, 2.24) is 4.90 Å². The number of aliphatic hydroxyl groups is 1. The molecule has 1 saturated heterocycles. The van der Waals surface area contributed by atoms with E-state index in [0.29, 0.717) is 24.9 Å². The lowest BCUT2D eigenvalue weighted by Gasteiger charge is -2.34. The fourth-order valence-electron chi connectivity index (χ4n) is 2.54. The minimum absolute atomic E-state index is 0.0997. The first kappa shape index (κ1) is 12.0. The largest absolute Gasteiger partial charge is 0.393 e. The zero-order valence-electron chi connectivity index (χ0n) is 9.89. The number of ether oxygens (including phenoxy) is 1. The van der Waals surface area contributed by atoms with E-state index in [-0.39, 0.29) is 12.0 Å². The van der Waals surface area contributed by atoms with Crippen molar-refractivity contribution in [3.8, 4) is 0 Å². The number of nitrogens with zero attached hydrogens (tertiary/aromatic N) is 1. The molecule has 0 aromatic carbocycles. The molecule has 2 fully saturated rings. The van der Waals surface area contributed by atoms with E-state index in [2.05, 4.69) is 4.90 Å². The molecule has 16 heavy (non-hydrogen) atoms. The van der Waals surface area contributed by atoms with Gasteiger partial charge in [0.2, 0.25) is 0 Å². The summed E-state index contributed by atoms with van der Waals surface area (Å²) in [5.41, 5.74) is 0. The minimum atomic E-state index is -0.0997. The molecule has 1 aliphatic heterocycles. The summed E-state index contributed by atoms with van der Waals surface area (Å²) < 4.78 is 5.21. The van der Waals surface area contributed by atoms with Crippen LogP contribution in [0.25, 0.3) is 0 Å². The van der Waals surface area contributed by atoms with E-state index in [4.69, 9.17) is 4.74 Å². The van der Waals surface area contributed by atoms with Gasteiger partial charge in [0.25, 0.3) is 0 Å². The Kier molecular flexibility index (Phi) is 3.95. The maximum Gasteiger partial charge on any atom is 0.152 e. The van der Waals surface area contributed by atoms with Crippen LogP contribution in [0.3, 0.4) is 0 Å². The molecule has 1 heterocycles. The lowest BCUT2D eigenvalue weighted by molar-refractivity contribution is -0.124. The molecule has 1 aliphatic carbocycles. The van der Waals surface area contributed by atoms with Gasteiger partial charge in [0.15, 0.2) is 5.78 Å². The summed E-state index contributed by atoms with van der Waals surface area (Å²) >= 11 is 0. The van der Waals surface area contributed by atoms with Gasteiger partial charge in [0, 0.05) is 19.1 Å². The van der Waals surface area contributed by atoms with Gasteiger partial charge in [-0.15, -0.1) is 0 Å². The van der Waals surface area contributed by atoms with Crippen LogP contribution in [-0.2, 0) is 9.53 Å². The summed E-state index contributed by atoms with van der Waals surface area (Å²) in [7, 11) is 1.98. The normalized spacial score (nSPS) is 34.1. The van der Waals surface area contributed by atoms with E-state index in [1.807, 2.05) is 7.05 Å². The zero-order chi connectivity index (χ0) is 11.5. The molecule has 1 unspecified atom stereocenters. The lowest BCUT2D eigenvalue weighted by atomic mass is 9.82. The highest BCUT2D eigenvalue weighted by Crippen LogP contribution is 2.27. The first-order valence-electron chi connectivity index (χ1n) is 6.12. The van der Waals surface area contributed by atoms with Crippen LogP contribution in [0.1, 0.15) is 19.3 Å². The number of likely N-dealkylation sites (N-methyl/N-ethyl adjacent to an activating group) is 1. The van der Waals surface area contributed by atoms with Crippen LogP contribution in [0.5, 0.6) is 0 Å². The maximum absolute atomic E-state index is 11.8. The van der Waals surface area contributed by atoms with E-state index in [1.54, 1.807) is 0 Å². The van der Waals surface area contributed by atoms with Gasteiger partial charge in [0.1, 0.15) is 0 Å². The fourth-order valence-corrected chi connectivity index (χ4v) is 2.54. The monoisotopic (exact) mass is 227 g/mol. The van der Waals surface area contributed by atoms with Crippen molar-refractivity contribution in [1.29, 1.82) is 0 Å². The summed E-state index contributed by atoms with van der Waals surface area (Å²) in [6.45, 7) is 2.79. The second-order valence-corrected chi connectivity index (χ2v) is 5.21. The molecular weight excluding hydrogens is 206 g/mol. The van der Waals surface area contributed by atoms with Gasteiger partial charge in [0.05, 0.1) is 19.3 Å². The molecule has 0 spiro atoms. The molecule has 2 rings (SSSR count). The van der Waals surface area contributed by atoms with Crippen molar-refractivity contribution in [2.75, 3.05) is 33.4 Å². The molecule has 0 aromatic heterocycles. The average Bonchev–Trinajstić information content (AvgIpc) is 2.67. The number of carbonyl (C=O) groups excluding carboxylic acids is 1. The summed E-state index contributed by atoms with van der Waals surface area (Å²) in [6, 6.07) is 0. The second-order valence-electron chi connectivity index (χ2n) is 5.21. The van der Waals surface area contributed by atoms with Crippen LogP contribution in [0.4, 0.5) is 0 Å². The highest BCUT2D eigenvalue weighted by Gasteiger charge is 2.29. The third-order valence-corrected chi connectivity index (χ3v) is 3.59. The molecule has 0 bridgehead atoms. The first-order chi connectivity index (χ1) is 7.65. The smallest absolute Gasteiger partial charge is 0.152 e. The highest BCUT2D eigenvalue weighted by molar-refractivity contribution is 5.83. The summed E-state index contributed by atoms with van der Waals surface area (Å²) in [6.07, 6.45) is 2.57. The van der Waals surface area contributed by atoms with E-state index in [1.165, 1.54) is 0 Å². The molecule has 0 aromatic rings. The van der Waals surface area contributed by atoms with E-state index in [0.717, 1.165) is 32.4 Å². The number of rotatable bonds is 5. The van der Waals surface area contributed by atoms with Crippen LogP contribution in [0.15, 0.2) is 0 Å². The Hall–Kier alpha value is -0.450. The van der Waals surface area contributed by atoms with Crippen molar-refractivity contribution in [3.63, 3.8) is 0 Å². The van der Waals surface area contributed by atoms with E-state index >= 15 is 0 Å². The van der Waals surface area contributed by atoms with Gasteiger partial charge in [-0.2, -0.15) is 0 Å². The molecule has 0 amide bonds. The van der Waals surface area contributed by atoms with Crippen molar-refractivity contribution in [3.05, 3.63) is 0 Å². The van der Waals surface area contributed by atoms with Crippen LogP contribution >= 0.6 is 0 Å². The summed E-state index contributed by atoms with van der Waals surface area (Å²) in [5, 5.41) is 9.18. The first-order valence-corrected chi connectivity index (χ1v) is 6.12. The summed E-state index contributed by atoms with van der Waals surface area (Å²) in [4.78, 5) is 13.9. The Morgan fingerprint density at radius 3 is 2.81 bits per heavy atom. The molecular formula is C12H21NO3. The number of hydrogen-bond donors (Lipinski definition) is 1. The third-order valence-electron chi connectivity index (χ3n) is 3.59. The van der Waals surface area contributed by atoms with Crippen molar-refractivity contribution < 1.29 is 14.6 Å². The van der Waals surface area contributed by atoms with E-state index < -0.39 is 0 Å². The van der Waals surface area contributed by atoms with Gasteiger partial charge >= 0.3 is 0 Å². The van der Waals surface area contributed by atoms with Crippen LogP contribution in [0, 0.1) is 11.8 Å². The molecule has 0 radical (unpaired) electrons. The number of ketones is 1. The Labute approximate surface area is 96.6 Å². The maximum atomic E-state index is 11.8. The van der Waals surface area contributed by atoms with Gasteiger partial charge < -0.3 is 9.84 Å². The summed E-state index contributed by atoms with van der Waals surface area (Å²) in [5.74, 6) is 1.00. The Morgan fingerprint density at radius 2 is 2.25 bits per heavy atom. The van der Waals surface area contributed by atoms with Crippen LogP contribution < -0.4 is 0 Å².